The molecule has 1 N–H and O–H groups in total. The highest BCUT2D eigenvalue weighted by Crippen LogP contribution is 2.16. The van der Waals surface area contributed by atoms with E-state index in [1.807, 2.05) is 37.0 Å². The molecule has 0 spiro atoms. The smallest absolute Gasteiger partial charge is 0.0897 e. The molecule has 142 valence electrons. The minimum Gasteiger partial charge on any atom is -0.390 e. The van der Waals surface area contributed by atoms with Crippen LogP contribution in [0.1, 0.15) is 37.8 Å². The maximum Gasteiger partial charge on any atom is 0.0897 e. The first-order valence-corrected chi connectivity index (χ1v) is 9.59. The molecule has 26 heavy (non-hydrogen) atoms. The lowest BCUT2D eigenvalue weighted by molar-refractivity contribution is 0.0391. The topological polar surface area (TPSA) is 50.5 Å². The molecule has 0 saturated carbocycles. The van der Waals surface area contributed by atoms with Crippen LogP contribution in [0.15, 0.2) is 42.7 Å². The Morgan fingerprint density at radius 3 is 2.69 bits per heavy atom. The third-order valence-electron chi connectivity index (χ3n) is 4.84. The standard InChI is InChI=1S/C21H31N3O2/c1-21(2,25)10-9-18-5-7-19(8-6-18)15-23-12-4-14-26-20(16-23)17-24-13-3-11-22-24/h3,5-8,11,13,20,25H,4,9-10,12,14-17H2,1-2H3/t20-/m1/s1. The largest absolute Gasteiger partial charge is 0.390 e. The monoisotopic (exact) mass is 357 g/mol. The summed E-state index contributed by atoms with van der Waals surface area (Å²) in [6, 6.07) is 10.8. The van der Waals surface area contributed by atoms with E-state index in [0.717, 1.165) is 52.0 Å². The molecule has 1 aliphatic heterocycles. The molecule has 1 aromatic heterocycles. The molecule has 1 atom stereocenters. The van der Waals surface area contributed by atoms with Gasteiger partial charge in [0.05, 0.1) is 18.2 Å². The molecule has 2 aromatic rings. The van der Waals surface area contributed by atoms with Gasteiger partial charge in [-0.1, -0.05) is 24.3 Å². The first-order chi connectivity index (χ1) is 12.5. The molecular formula is C21H31N3O2. The Morgan fingerprint density at radius 2 is 2.00 bits per heavy atom. The van der Waals surface area contributed by atoms with Crippen molar-refractivity contribution in [3.05, 3.63) is 53.9 Å². The van der Waals surface area contributed by atoms with E-state index in [-0.39, 0.29) is 6.10 Å². The van der Waals surface area contributed by atoms with Gasteiger partial charge in [-0.3, -0.25) is 9.58 Å². The van der Waals surface area contributed by atoms with Gasteiger partial charge in [0.1, 0.15) is 0 Å². The molecule has 2 heterocycles. The fraction of sp³-hybridized carbons (Fsp3) is 0.571. The molecule has 1 aromatic carbocycles. The van der Waals surface area contributed by atoms with E-state index in [1.54, 1.807) is 0 Å². The maximum absolute atomic E-state index is 9.87. The summed E-state index contributed by atoms with van der Waals surface area (Å²) in [5.74, 6) is 0. The Balaban J connectivity index is 1.53. The van der Waals surface area contributed by atoms with Crippen molar-refractivity contribution in [1.82, 2.24) is 14.7 Å². The number of aryl methyl sites for hydroxylation is 1. The second kappa shape index (κ2) is 8.80. The number of hydrogen-bond donors (Lipinski definition) is 1. The second-order valence-electron chi connectivity index (χ2n) is 7.94. The number of aromatic nitrogens is 2. The molecule has 0 aliphatic carbocycles. The minimum absolute atomic E-state index is 0.184. The number of aliphatic hydroxyl groups is 1. The minimum atomic E-state index is -0.603. The van der Waals surface area contributed by atoms with Gasteiger partial charge in [0.2, 0.25) is 0 Å². The first-order valence-electron chi connectivity index (χ1n) is 9.59. The summed E-state index contributed by atoms with van der Waals surface area (Å²) in [4.78, 5) is 2.48. The van der Waals surface area contributed by atoms with E-state index in [0.29, 0.717) is 0 Å². The Labute approximate surface area is 156 Å². The molecule has 1 fully saturated rings. The maximum atomic E-state index is 9.87. The average Bonchev–Trinajstić information content (AvgIpc) is 3.00. The predicted octanol–water partition coefficient (Wildman–Crippen LogP) is 2.88. The van der Waals surface area contributed by atoms with Crippen molar-refractivity contribution in [1.29, 1.82) is 0 Å². The summed E-state index contributed by atoms with van der Waals surface area (Å²) < 4.78 is 7.95. The van der Waals surface area contributed by atoms with Crippen molar-refractivity contribution in [3.63, 3.8) is 0 Å². The van der Waals surface area contributed by atoms with Crippen molar-refractivity contribution in [3.8, 4) is 0 Å². The third kappa shape index (κ3) is 6.24. The summed E-state index contributed by atoms with van der Waals surface area (Å²) in [6.07, 6.45) is 6.75. The quantitative estimate of drug-likeness (QED) is 0.828. The molecule has 0 unspecified atom stereocenters. The van der Waals surface area contributed by atoms with E-state index in [9.17, 15) is 5.11 Å². The average molecular weight is 357 g/mol. The van der Waals surface area contributed by atoms with Gasteiger partial charge in [0.15, 0.2) is 0 Å². The van der Waals surface area contributed by atoms with Gasteiger partial charge in [-0.15, -0.1) is 0 Å². The van der Waals surface area contributed by atoms with Crippen LogP contribution >= 0.6 is 0 Å². The molecule has 0 amide bonds. The van der Waals surface area contributed by atoms with Crippen LogP contribution in [-0.4, -0.2) is 51.2 Å². The zero-order chi connectivity index (χ0) is 18.4. The van der Waals surface area contributed by atoms with Crippen molar-refractivity contribution in [2.45, 2.75) is 57.9 Å². The lowest BCUT2D eigenvalue weighted by Crippen LogP contribution is -2.34. The van der Waals surface area contributed by atoms with E-state index in [4.69, 9.17) is 4.74 Å². The Bertz CT molecular complexity index is 647. The SMILES string of the molecule is CC(C)(O)CCc1ccc(CN2CCCO[C@@H](Cn3cccn3)C2)cc1. The van der Waals surface area contributed by atoms with Crippen LogP contribution in [0.2, 0.25) is 0 Å². The van der Waals surface area contributed by atoms with Gasteiger partial charge in [-0.2, -0.15) is 5.10 Å². The molecule has 0 bridgehead atoms. The number of benzene rings is 1. The van der Waals surface area contributed by atoms with E-state index in [1.165, 1.54) is 11.1 Å². The van der Waals surface area contributed by atoms with Gasteiger partial charge in [-0.05, 0) is 50.3 Å². The molecule has 0 radical (unpaired) electrons. The van der Waals surface area contributed by atoms with Gasteiger partial charge < -0.3 is 9.84 Å². The number of rotatable bonds is 7. The van der Waals surface area contributed by atoms with Crippen molar-refractivity contribution in [2.75, 3.05) is 19.7 Å². The number of hydrogen-bond acceptors (Lipinski definition) is 4. The lowest BCUT2D eigenvalue weighted by atomic mass is 9.98. The fourth-order valence-corrected chi connectivity index (χ4v) is 3.36. The molecular weight excluding hydrogens is 326 g/mol. The molecule has 5 nitrogen and oxygen atoms in total. The zero-order valence-corrected chi connectivity index (χ0v) is 16.0. The molecule has 3 rings (SSSR count). The van der Waals surface area contributed by atoms with Crippen LogP contribution in [0.5, 0.6) is 0 Å². The summed E-state index contributed by atoms with van der Waals surface area (Å²) in [5.41, 5.74) is 2.01. The van der Waals surface area contributed by atoms with Crippen LogP contribution < -0.4 is 0 Å². The predicted molar refractivity (Wildman–Crippen MR) is 103 cm³/mol. The lowest BCUT2D eigenvalue weighted by Gasteiger charge is -2.24. The molecule has 1 saturated heterocycles. The normalized spacial score (nSPS) is 19.4. The number of ether oxygens (including phenoxy) is 1. The number of nitrogens with zero attached hydrogens (tertiary/aromatic N) is 3. The first kappa shape index (κ1) is 19.1. The van der Waals surface area contributed by atoms with E-state index < -0.39 is 5.60 Å². The van der Waals surface area contributed by atoms with Gasteiger partial charge in [-0.25, -0.2) is 0 Å². The summed E-state index contributed by atoms with van der Waals surface area (Å²) in [5, 5.41) is 14.2. The highest BCUT2D eigenvalue weighted by molar-refractivity contribution is 5.22. The van der Waals surface area contributed by atoms with Crippen LogP contribution in [0.3, 0.4) is 0 Å². The van der Waals surface area contributed by atoms with Crippen LogP contribution in [-0.2, 0) is 24.2 Å². The van der Waals surface area contributed by atoms with Gasteiger partial charge in [0.25, 0.3) is 0 Å². The van der Waals surface area contributed by atoms with E-state index >= 15 is 0 Å². The van der Waals surface area contributed by atoms with Crippen molar-refractivity contribution in [2.24, 2.45) is 0 Å². The highest BCUT2D eigenvalue weighted by Gasteiger charge is 2.19. The summed E-state index contributed by atoms with van der Waals surface area (Å²) in [7, 11) is 0. The zero-order valence-electron chi connectivity index (χ0n) is 16.0. The molecule has 5 heteroatoms. The van der Waals surface area contributed by atoms with Crippen LogP contribution in [0, 0.1) is 0 Å². The van der Waals surface area contributed by atoms with Crippen molar-refractivity contribution >= 4 is 0 Å². The highest BCUT2D eigenvalue weighted by atomic mass is 16.5. The Kier molecular flexibility index (Phi) is 6.46. The van der Waals surface area contributed by atoms with Crippen molar-refractivity contribution < 1.29 is 9.84 Å². The third-order valence-corrected chi connectivity index (χ3v) is 4.84. The Morgan fingerprint density at radius 1 is 1.23 bits per heavy atom. The van der Waals surface area contributed by atoms with Gasteiger partial charge >= 0.3 is 0 Å². The molecule has 1 aliphatic rings. The Hall–Kier alpha value is -1.69. The van der Waals surface area contributed by atoms with Crippen LogP contribution in [0.25, 0.3) is 0 Å². The van der Waals surface area contributed by atoms with E-state index in [2.05, 4.69) is 34.3 Å². The summed E-state index contributed by atoms with van der Waals surface area (Å²) in [6.45, 7) is 8.30. The van der Waals surface area contributed by atoms with Crippen LogP contribution in [0.4, 0.5) is 0 Å². The second-order valence-corrected chi connectivity index (χ2v) is 7.94. The summed E-state index contributed by atoms with van der Waals surface area (Å²) >= 11 is 0. The van der Waals surface area contributed by atoms with Gasteiger partial charge in [0, 0.05) is 38.6 Å². The fourth-order valence-electron chi connectivity index (χ4n) is 3.36.